The fourth-order valence-electron chi connectivity index (χ4n) is 2.85. The van der Waals surface area contributed by atoms with E-state index in [9.17, 15) is 9.18 Å². The minimum Gasteiger partial charge on any atom is -0.481 e. The van der Waals surface area contributed by atoms with E-state index in [4.69, 9.17) is 9.47 Å². The maximum absolute atomic E-state index is 13.1. The van der Waals surface area contributed by atoms with Crippen LogP contribution in [0.4, 0.5) is 4.39 Å². The molecule has 1 amide bonds. The van der Waals surface area contributed by atoms with Gasteiger partial charge < -0.3 is 20.1 Å². The fraction of sp³-hybridized carbons (Fsp3) is 0.588. The third kappa shape index (κ3) is 5.92. The summed E-state index contributed by atoms with van der Waals surface area (Å²) in [6, 6.07) is 5.79. The molecular weight excluding hydrogens is 335 g/mol. The van der Waals surface area contributed by atoms with E-state index in [1.165, 1.54) is 12.1 Å². The highest BCUT2D eigenvalue weighted by atomic mass is 35.5. The average Bonchev–Trinajstić information content (AvgIpc) is 2.54. The van der Waals surface area contributed by atoms with Gasteiger partial charge in [-0.25, -0.2) is 4.39 Å². The van der Waals surface area contributed by atoms with Gasteiger partial charge in [-0.1, -0.05) is 6.07 Å². The molecular formula is C17H26ClFN2O3. The molecule has 1 unspecified atom stereocenters. The molecule has 1 aliphatic rings. The normalized spacial score (nSPS) is 17.5. The standard InChI is InChI=1S/C17H25FN2O3.ClH/c1-13(23-15-5-3-4-14(18)10-15)16(21)20-11-17(12-22-2)6-8-19-9-7-17;/h3-5,10,13,19H,6-9,11-12H2,1-2H3,(H,20,21);1H. The van der Waals surface area contributed by atoms with Crippen molar-refractivity contribution < 1.29 is 18.7 Å². The van der Waals surface area contributed by atoms with Crippen molar-refractivity contribution in [3.05, 3.63) is 30.1 Å². The first-order chi connectivity index (χ1) is 11.0. The molecule has 0 radical (unpaired) electrons. The predicted molar refractivity (Wildman–Crippen MR) is 93.2 cm³/mol. The minimum atomic E-state index is -0.682. The second-order valence-electron chi connectivity index (χ2n) is 6.12. The van der Waals surface area contributed by atoms with Crippen molar-refractivity contribution in [2.24, 2.45) is 5.41 Å². The van der Waals surface area contributed by atoms with Gasteiger partial charge in [0.15, 0.2) is 6.10 Å². The molecule has 0 aliphatic carbocycles. The molecule has 1 heterocycles. The molecule has 0 spiro atoms. The van der Waals surface area contributed by atoms with E-state index < -0.39 is 6.10 Å². The number of ether oxygens (including phenoxy) is 2. The number of halogens is 2. The van der Waals surface area contributed by atoms with Gasteiger partial charge in [-0.15, -0.1) is 12.4 Å². The van der Waals surface area contributed by atoms with Crippen LogP contribution in [0.5, 0.6) is 5.75 Å². The number of hydrogen-bond donors (Lipinski definition) is 2. The summed E-state index contributed by atoms with van der Waals surface area (Å²) in [4.78, 5) is 12.2. The number of nitrogens with one attached hydrogen (secondary N) is 2. The summed E-state index contributed by atoms with van der Waals surface area (Å²) < 4.78 is 24.0. The van der Waals surface area contributed by atoms with Crippen LogP contribution in [0.25, 0.3) is 0 Å². The van der Waals surface area contributed by atoms with Crippen molar-refractivity contribution in [3.8, 4) is 5.75 Å². The Bertz CT molecular complexity index is 519. The van der Waals surface area contributed by atoms with Crippen molar-refractivity contribution in [2.45, 2.75) is 25.9 Å². The van der Waals surface area contributed by atoms with Gasteiger partial charge in [0.25, 0.3) is 5.91 Å². The van der Waals surface area contributed by atoms with Crippen molar-refractivity contribution in [2.75, 3.05) is 33.4 Å². The summed E-state index contributed by atoms with van der Waals surface area (Å²) in [6.07, 6.45) is 1.23. The monoisotopic (exact) mass is 360 g/mol. The summed E-state index contributed by atoms with van der Waals surface area (Å²) >= 11 is 0. The largest absolute Gasteiger partial charge is 0.481 e. The molecule has 2 N–H and O–H groups in total. The van der Waals surface area contributed by atoms with Gasteiger partial charge >= 0.3 is 0 Å². The molecule has 2 rings (SSSR count). The summed E-state index contributed by atoms with van der Waals surface area (Å²) in [6.45, 7) is 4.68. The van der Waals surface area contributed by atoms with Crippen LogP contribution < -0.4 is 15.4 Å². The SMILES string of the molecule is COCC1(CNC(=O)C(C)Oc2cccc(F)c2)CCNCC1.Cl. The molecule has 1 fully saturated rings. The highest BCUT2D eigenvalue weighted by Crippen LogP contribution is 2.28. The molecule has 136 valence electrons. The smallest absolute Gasteiger partial charge is 0.260 e. The lowest BCUT2D eigenvalue weighted by Crippen LogP contribution is -2.49. The molecule has 1 aliphatic heterocycles. The van der Waals surface area contributed by atoms with E-state index in [-0.39, 0.29) is 29.5 Å². The lowest BCUT2D eigenvalue weighted by molar-refractivity contribution is -0.128. The van der Waals surface area contributed by atoms with Gasteiger partial charge in [0.2, 0.25) is 0 Å². The molecule has 5 nitrogen and oxygen atoms in total. The third-order valence-electron chi connectivity index (χ3n) is 4.23. The molecule has 7 heteroatoms. The van der Waals surface area contributed by atoms with Gasteiger partial charge in [0.05, 0.1) is 6.61 Å². The summed E-state index contributed by atoms with van der Waals surface area (Å²) in [5.74, 6) is -0.242. The number of benzene rings is 1. The Morgan fingerprint density at radius 3 is 2.75 bits per heavy atom. The van der Waals surface area contributed by atoms with Crippen LogP contribution in [-0.4, -0.2) is 45.4 Å². The predicted octanol–water partition coefficient (Wildman–Crippen LogP) is 2.15. The molecule has 0 aromatic heterocycles. The Hall–Kier alpha value is -1.37. The van der Waals surface area contributed by atoms with Gasteiger partial charge in [-0.2, -0.15) is 0 Å². The molecule has 1 aromatic carbocycles. The van der Waals surface area contributed by atoms with E-state index >= 15 is 0 Å². The quantitative estimate of drug-likeness (QED) is 0.782. The Morgan fingerprint density at radius 1 is 1.42 bits per heavy atom. The van der Waals surface area contributed by atoms with Crippen LogP contribution >= 0.6 is 12.4 Å². The Labute approximate surface area is 148 Å². The van der Waals surface area contributed by atoms with Crippen molar-refractivity contribution in [3.63, 3.8) is 0 Å². The number of rotatable bonds is 7. The van der Waals surface area contributed by atoms with E-state index in [2.05, 4.69) is 10.6 Å². The number of amides is 1. The Balaban J connectivity index is 0.00000288. The molecule has 1 aromatic rings. The number of hydrogen-bond acceptors (Lipinski definition) is 4. The number of piperidine rings is 1. The van der Waals surface area contributed by atoms with E-state index in [1.807, 2.05) is 0 Å². The van der Waals surface area contributed by atoms with Crippen LogP contribution in [0.15, 0.2) is 24.3 Å². The topological polar surface area (TPSA) is 59.6 Å². The first-order valence-electron chi connectivity index (χ1n) is 7.94. The van der Waals surface area contributed by atoms with Crippen molar-refractivity contribution in [1.82, 2.24) is 10.6 Å². The van der Waals surface area contributed by atoms with Crippen molar-refractivity contribution >= 4 is 18.3 Å². The zero-order valence-corrected chi connectivity index (χ0v) is 15.0. The first kappa shape index (κ1) is 20.7. The van der Waals surface area contributed by atoms with Crippen LogP contribution in [0, 0.1) is 11.2 Å². The zero-order chi connectivity index (χ0) is 16.7. The van der Waals surface area contributed by atoms with E-state index in [1.54, 1.807) is 26.2 Å². The van der Waals surface area contributed by atoms with Gasteiger partial charge in [-0.05, 0) is 45.0 Å². The maximum atomic E-state index is 13.1. The highest BCUT2D eigenvalue weighted by molar-refractivity contribution is 5.85. The first-order valence-corrected chi connectivity index (χ1v) is 7.94. The van der Waals surface area contributed by atoms with Crippen molar-refractivity contribution in [1.29, 1.82) is 0 Å². The number of carbonyl (C=O) groups is 1. The maximum Gasteiger partial charge on any atom is 0.260 e. The molecule has 0 saturated carbocycles. The lowest BCUT2D eigenvalue weighted by atomic mass is 9.79. The molecule has 24 heavy (non-hydrogen) atoms. The van der Waals surface area contributed by atoms with Crippen LogP contribution in [0.3, 0.4) is 0 Å². The lowest BCUT2D eigenvalue weighted by Gasteiger charge is -2.37. The Morgan fingerprint density at radius 2 is 2.12 bits per heavy atom. The second-order valence-corrected chi connectivity index (χ2v) is 6.12. The molecule has 1 saturated heterocycles. The van der Waals surface area contributed by atoms with Crippen LogP contribution in [0.1, 0.15) is 19.8 Å². The fourth-order valence-corrected chi connectivity index (χ4v) is 2.85. The average molecular weight is 361 g/mol. The van der Waals surface area contributed by atoms with Crippen LogP contribution in [-0.2, 0) is 9.53 Å². The summed E-state index contributed by atoms with van der Waals surface area (Å²) in [5, 5.41) is 6.26. The van der Waals surface area contributed by atoms with Gasteiger partial charge in [-0.3, -0.25) is 4.79 Å². The van der Waals surface area contributed by atoms with E-state index in [0.717, 1.165) is 25.9 Å². The van der Waals surface area contributed by atoms with E-state index in [0.29, 0.717) is 18.9 Å². The van der Waals surface area contributed by atoms with Gasteiger partial charge in [0.1, 0.15) is 11.6 Å². The number of carbonyl (C=O) groups excluding carboxylic acids is 1. The molecule has 0 bridgehead atoms. The minimum absolute atomic E-state index is 0. The Kier molecular flexibility index (Phi) is 8.45. The molecule has 1 atom stereocenters. The van der Waals surface area contributed by atoms with Crippen LogP contribution in [0.2, 0.25) is 0 Å². The van der Waals surface area contributed by atoms with Gasteiger partial charge in [0, 0.05) is 25.1 Å². The summed E-state index contributed by atoms with van der Waals surface area (Å²) in [7, 11) is 1.68. The third-order valence-corrected chi connectivity index (χ3v) is 4.23. The second kappa shape index (κ2) is 9.81. The zero-order valence-electron chi connectivity index (χ0n) is 14.1. The highest BCUT2D eigenvalue weighted by Gasteiger charge is 2.33. The number of methoxy groups -OCH3 is 1. The summed E-state index contributed by atoms with van der Waals surface area (Å²) in [5.41, 5.74) is -0.0335.